The van der Waals surface area contributed by atoms with Crippen molar-refractivity contribution in [2.75, 3.05) is 0 Å². The molecule has 0 saturated carbocycles. The van der Waals surface area contributed by atoms with E-state index in [1.54, 1.807) is 12.1 Å². The minimum Gasteiger partial charge on any atom is -0.545 e. The van der Waals surface area contributed by atoms with Gasteiger partial charge in [-0.3, -0.25) is 0 Å². The van der Waals surface area contributed by atoms with Crippen LogP contribution in [0.4, 0.5) is 4.39 Å². The maximum Gasteiger partial charge on any atom is 0.128 e. The highest BCUT2D eigenvalue weighted by atomic mass is 19.1. The summed E-state index contributed by atoms with van der Waals surface area (Å²) in [4.78, 5) is 10.6. The lowest BCUT2D eigenvalue weighted by atomic mass is 10.2. The Morgan fingerprint density at radius 1 is 1.06 bits per heavy atom. The first-order chi connectivity index (χ1) is 8.15. The predicted octanol–water partition coefficient (Wildman–Crippen LogP) is 1.98. The Bertz CT molecular complexity index is 535. The highest BCUT2D eigenvalue weighted by Gasteiger charge is 2.00. The summed E-state index contributed by atoms with van der Waals surface area (Å²) in [6, 6.07) is 11.4. The van der Waals surface area contributed by atoms with Crippen LogP contribution in [0.1, 0.15) is 10.4 Å². The zero-order valence-corrected chi connectivity index (χ0v) is 8.72. The fourth-order valence-corrected chi connectivity index (χ4v) is 1.33. The molecule has 0 heterocycles. The van der Waals surface area contributed by atoms with Gasteiger partial charge in [0.1, 0.15) is 17.3 Å². The van der Waals surface area contributed by atoms with Gasteiger partial charge in [-0.25, -0.2) is 4.39 Å². The topological polar surface area (TPSA) is 49.4 Å². The lowest BCUT2D eigenvalue weighted by Crippen LogP contribution is -2.21. The van der Waals surface area contributed by atoms with Crippen molar-refractivity contribution in [1.82, 2.24) is 0 Å². The van der Waals surface area contributed by atoms with Gasteiger partial charge in [-0.05, 0) is 36.4 Å². The van der Waals surface area contributed by atoms with E-state index in [1.807, 2.05) is 0 Å². The summed E-state index contributed by atoms with van der Waals surface area (Å²) in [6.45, 7) is 0. The standard InChI is InChI=1S/C13H9FO3/c14-10-4-6-11(7-5-10)17-12-3-1-2-9(8-12)13(15)16/h1-8H,(H,15,16)/p-1. The van der Waals surface area contributed by atoms with E-state index in [2.05, 4.69) is 0 Å². The number of halogens is 1. The molecule has 0 saturated heterocycles. The Kier molecular flexibility index (Phi) is 3.05. The average Bonchev–Trinajstić information content (AvgIpc) is 2.32. The molecule has 0 unspecified atom stereocenters. The molecular weight excluding hydrogens is 223 g/mol. The molecule has 0 fully saturated rings. The van der Waals surface area contributed by atoms with Crippen LogP contribution in [0.15, 0.2) is 48.5 Å². The largest absolute Gasteiger partial charge is 0.545 e. The van der Waals surface area contributed by atoms with Gasteiger partial charge in [0.2, 0.25) is 0 Å². The molecule has 0 radical (unpaired) electrons. The Morgan fingerprint density at radius 2 is 1.76 bits per heavy atom. The number of benzene rings is 2. The first-order valence-corrected chi connectivity index (χ1v) is 4.90. The molecule has 0 aliphatic heterocycles. The first kappa shape index (κ1) is 11.1. The number of rotatable bonds is 3. The summed E-state index contributed by atoms with van der Waals surface area (Å²) in [6.07, 6.45) is 0. The summed E-state index contributed by atoms with van der Waals surface area (Å²) in [5.74, 6) is -0.837. The molecule has 2 aromatic carbocycles. The van der Waals surface area contributed by atoms with Crippen LogP contribution in [0.3, 0.4) is 0 Å². The monoisotopic (exact) mass is 231 g/mol. The molecule has 17 heavy (non-hydrogen) atoms. The van der Waals surface area contributed by atoms with Crippen LogP contribution in [0.25, 0.3) is 0 Å². The number of aromatic carboxylic acids is 1. The second-order valence-corrected chi connectivity index (χ2v) is 3.37. The molecule has 4 heteroatoms. The molecular formula is C13H8FO3-. The maximum atomic E-state index is 12.7. The number of carbonyl (C=O) groups is 1. The lowest BCUT2D eigenvalue weighted by Gasteiger charge is -2.08. The average molecular weight is 231 g/mol. The van der Waals surface area contributed by atoms with Gasteiger partial charge in [-0.2, -0.15) is 0 Å². The van der Waals surface area contributed by atoms with Gasteiger partial charge < -0.3 is 14.6 Å². The molecule has 3 nitrogen and oxygen atoms in total. The van der Waals surface area contributed by atoms with Crippen molar-refractivity contribution in [3.63, 3.8) is 0 Å². The molecule has 2 rings (SSSR count). The van der Waals surface area contributed by atoms with E-state index in [4.69, 9.17) is 4.74 Å². The summed E-state index contributed by atoms with van der Waals surface area (Å²) < 4.78 is 18.0. The number of ether oxygens (including phenoxy) is 1. The smallest absolute Gasteiger partial charge is 0.128 e. The fraction of sp³-hybridized carbons (Fsp3) is 0. The zero-order chi connectivity index (χ0) is 12.3. The van der Waals surface area contributed by atoms with Gasteiger partial charge in [-0.1, -0.05) is 12.1 Å². The highest BCUT2D eigenvalue weighted by molar-refractivity contribution is 5.86. The summed E-state index contributed by atoms with van der Waals surface area (Å²) >= 11 is 0. The number of carboxylic acid groups (broad SMARTS) is 1. The van der Waals surface area contributed by atoms with Crippen molar-refractivity contribution in [2.24, 2.45) is 0 Å². The molecule has 0 spiro atoms. The van der Waals surface area contributed by atoms with Gasteiger partial charge in [0.15, 0.2) is 0 Å². The van der Waals surface area contributed by atoms with Crippen LogP contribution in [-0.4, -0.2) is 5.97 Å². The Labute approximate surface area is 97.1 Å². The Morgan fingerprint density at radius 3 is 2.41 bits per heavy atom. The van der Waals surface area contributed by atoms with Crippen molar-refractivity contribution < 1.29 is 19.0 Å². The minimum atomic E-state index is -1.27. The summed E-state index contributed by atoms with van der Waals surface area (Å²) in [5.41, 5.74) is 0.0320. The second-order valence-electron chi connectivity index (χ2n) is 3.37. The zero-order valence-electron chi connectivity index (χ0n) is 8.72. The third-order valence-electron chi connectivity index (χ3n) is 2.12. The molecule has 0 aromatic heterocycles. The fourth-order valence-electron chi connectivity index (χ4n) is 1.33. The van der Waals surface area contributed by atoms with E-state index in [-0.39, 0.29) is 11.4 Å². The van der Waals surface area contributed by atoms with Crippen molar-refractivity contribution in [1.29, 1.82) is 0 Å². The van der Waals surface area contributed by atoms with E-state index >= 15 is 0 Å². The van der Waals surface area contributed by atoms with E-state index in [0.29, 0.717) is 11.5 Å². The molecule has 86 valence electrons. The third kappa shape index (κ3) is 2.81. The third-order valence-corrected chi connectivity index (χ3v) is 2.12. The number of hydrogen-bond donors (Lipinski definition) is 0. The molecule has 0 N–H and O–H groups in total. The van der Waals surface area contributed by atoms with E-state index in [0.717, 1.165) is 0 Å². The van der Waals surface area contributed by atoms with E-state index in [1.165, 1.54) is 36.4 Å². The maximum absolute atomic E-state index is 12.7. The van der Waals surface area contributed by atoms with Crippen LogP contribution >= 0.6 is 0 Å². The van der Waals surface area contributed by atoms with Crippen LogP contribution in [-0.2, 0) is 0 Å². The molecule has 0 bridgehead atoms. The van der Waals surface area contributed by atoms with Gasteiger partial charge in [0, 0.05) is 5.56 Å². The molecule has 0 aliphatic carbocycles. The Hall–Kier alpha value is -2.36. The van der Waals surface area contributed by atoms with Crippen molar-refractivity contribution in [3.05, 3.63) is 59.9 Å². The summed E-state index contributed by atoms with van der Waals surface area (Å²) in [5, 5.41) is 10.6. The molecule has 0 aliphatic rings. The lowest BCUT2D eigenvalue weighted by molar-refractivity contribution is -0.255. The first-order valence-electron chi connectivity index (χ1n) is 4.90. The van der Waals surface area contributed by atoms with Gasteiger partial charge in [0.25, 0.3) is 0 Å². The number of hydrogen-bond acceptors (Lipinski definition) is 3. The molecule has 0 amide bonds. The van der Waals surface area contributed by atoms with Crippen LogP contribution in [0.5, 0.6) is 11.5 Å². The molecule has 2 aromatic rings. The predicted molar refractivity (Wildman–Crippen MR) is 57.2 cm³/mol. The van der Waals surface area contributed by atoms with Gasteiger partial charge in [0.05, 0.1) is 5.97 Å². The van der Waals surface area contributed by atoms with Gasteiger partial charge >= 0.3 is 0 Å². The Balaban J connectivity index is 2.21. The van der Waals surface area contributed by atoms with Crippen molar-refractivity contribution in [3.8, 4) is 11.5 Å². The molecule has 0 atom stereocenters. The van der Waals surface area contributed by atoms with Crippen LogP contribution < -0.4 is 9.84 Å². The number of carboxylic acids is 1. The van der Waals surface area contributed by atoms with Gasteiger partial charge in [-0.15, -0.1) is 0 Å². The second kappa shape index (κ2) is 4.65. The van der Waals surface area contributed by atoms with Crippen LogP contribution in [0.2, 0.25) is 0 Å². The SMILES string of the molecule is O=C([O-])c1cccc(Oc2ccc(F)cc2)c1. The number of carbonyl (C=O) groups excluding carboxylic acids is 1. The van der Waals surface area contributed by atoms with Crippen LogP contribution in [0, 0.1) is 5.82 Å². The highest BCUT2D eigenvalue weighted by Crippen LogP contribution is 2.22. The minimum absolute atomic E-state index is 0.0320. The summed E-state index contributed by atoms with van der Waals surface area (Å²) in [7, 11) is 0. The van der Waals surface area contributed by atoms with E-state index < -0.39 is 5.97 Å². The van der Waals surface area contributed by atoms with Crippen molar-refractivity contribution >= 4 is 5.97 Å². The van der Waals surface area contributed by atoms with E-state index in [9.17, 15) is 14.3 Å². The normalized spacial score (nSPS) is 9.94. The quantitative estimate of drug-likeness (QED) is 0.811. The van der Waals surface area contributed by atoms with Crippen molar-refractivity contribution in [2.45, 2.75) is 0 Å².